The Labute approximate surface area is 271 Å². The molecular formula is C42H24N2S2. The molecule has 0 radical (unpaired) electrons. The number of para-hydroxylation sites is 2. The number of fused-ring (bicyclic) bond motifs is 13. The van der Waals surface area contributed by atoms with Gasteiger partial charge in [0, 0.05) is 52.5 Å². The van der Waals surface area contributed by atoms with Gasteiger partial charge in [0.15, 0.2) is 0 Å². The Balaban J connectivity index is 1.30. The maximum absolute atomic E-state index is 2.50. The first-order chi connectivity index (χ1) is 22.8. The third-order valence-corrected chi connectivity index (χ3v) is 12.1. The van der Waals surface area contributed by atoms with Gasteiger partial charge >= 0.3 is 0 Å². The number of aromatic nitrogens is 2. The van der Waals surface area contributed by atoms with Gasteiger partial charge in [-0.25, -0.2) is 0 Å². The molecule has 46 heavy (non-hydrogen) atoms. The van der Waals surface area contributed by atoms with Gasteiger partial charge in [-0.15, -0.1) is 22.7 Å². The van der Waals surface area contributed by atoms with E-state index in [1.165, 1.54) is 95.3 Å². The van der Waals surface area contributed by atoms with E-state index in [2.05, 4.69) is 155 Å². The van der Waals surface area contributed by atoms with Gasteiger partial charge in [-0.3, -0.25) is 0 Å². The lowest BCUT2D eigenvalue weighted by atomic mass is 10.1. The minimum Gasteiger partial charge on any atom is -0.308 e. The van der Waals surface area contributed by atoms with Crippen LogP contribution in [0.25, 0.3) is 95.3 Å². The van der Waals surface area contributed by atoms with Crippen molar-refractivity contribution < 1.29 is 0 Å². The molecule has 0 fully saturated rings. The molecule has 0 spiro atoms. The number of hydrogen-bond acceptors (Lipinski definition) is 2. The Morgan fingerprint density at radius 1 is 0.304 bits per heavy atom. The molecule has 11 aromatic rings. The Bertz CT molecular complexity index is 2830. The molecule has 4 heteroatoms. The van der Waals surface area contributed by atoms with E-state index in [0.717, 1.165) is 0 Å². The highest BCUT2D eigenvalue weighted by Gasteiger charge is 2.22. The number of benzene rings is 7. The van der Waals surface area contributed by atoms with E-state index in [1.807, 2.05) is 22.7 Å². The highest BCUT2D eigenvalue weighted by Crippen LogP contribution is 2.46. The smallest absolute Gasteiger partial charge is 0.0640 e. The van der Waals surface area contributed by atoms with Crippen LogP contribution in [0.15, 0.2) is 146 Å². The summed E-state index contributed by atoms with van der Waals surface area (Å²) in [5.41, 5.74) is 7.42. The van der Waals surface area contributed by atoms with Crippen molar-refractivity contribution in [3.05, 3.63) is 146 Å². The van der Waals surface area contributed by atoms with Gasteiger partial charge in [-0.05, 0) is 48.5 Å². The number of thiophene rings is 2. The minimum absolute atomic E-state index is 1.23. The number of nitrogens with zero attached hydrogens (tertiary/aromatic N) is 2. The summed E-state index contributed by atoms with van der Waals surface area (Å²) in [5, 5.41) is 10.5. The fourth-order valence-electron chi connectivity index (χ4n) is 7.85. The molecule has 0 aliphatic carbocycles. The average Bonchev–Trinajstić information content (AvgIpc) is 3.85. The normalized spacial score (nSPS) is 12.3. The van der Waals surface area contributed by atoms with Gasteiger partial charge in [0.05, 0.1) is 42.8 Å². The van der Waals surface area contributed by atoms with Crippen LogP contribution in [0.3, 0.4) is 0 Å². The summed E-state index contributed by atoms with van der Waals surface area (Å²) in [6.07, 6.45) is 0. The number of hydrogen-bond donors (Lipinski definition) is 0. The van der Waals surface area contributed by atoms with E-state index in [4.69, 9.17) is 0 Å². The average molecular weight is 621 g/mol. The molecule has 7 aromatic carbocycles. The molecule has 4 heterocycles. The summed E-state index contributed by atoms with van der Waals surface area (Å²) >= 11 is 3.78. The maximum Gasteiger partial charge on any atom is 0.0640 e. The van der Waals surface area contributed by atoms with Crippen molar-refractivity contribution in [3.63, 3.8) is 0 Å². The molecule has 0 saturated carbocycles. The SMILES string of the molecule is c1ccc2c(c1)sc1c(-n3c4ccccc4c4c5c6ccccc6n(-c6cccc7c6sc6ccccc67)c5ccc43)cccc12. The minimum atomic E-state index is 1.23. The Kier molecular flexibility index (Phi) is 4.90. The fraction of sp³-hybridized carbons (Fsp3) is 0. The first-order valence-electron chi connectivity index (χ1n) is 15.6. The monoisotopic (exact) mass is 620 g/mol. The molecule has 2 nitrogen and oxygen atoms in total. The molecule has 0 unspecified atom stereocenters. The zero-order valence-electron chi connectivity index (χ0n) is 24.6. The van der Waals surface area contributed by atoms with E-state index in [0.29, 0.717) is 0 Å². The van der Waals surface area contributed by atoms with Crippen LogP contribution < -0.4 is 0 Å². The van der Waals surface area contributed by atoms with E-state index < -0.39 is 0 Å². The second kappa shape index (κ2) is 9.07. The molecule has 214 valence electrons. The van der Waals surface area contributed by atoms with Gasteiger partial charge in [-0.2, -0.15) is 0 Å². The Morgan fingerprint density at radius 3 is 1.17 bits per heavy atom. The molecule has 4 aromatic heterocycles. The molecule has 0 aliphatic rings. The van der Waals surface area contributed by atoms with Crippen LogP contribution in [0, 0.1) is 0 Å². The molecule has 0 atom stereocenters. The van der Waals surface area contributed by atoms with Crippen LogP contribution in [0.1, 0.15) is 0 Å². The van der Waals surface area contributed by atoms with Crippen LogP contribution in [0.2, 0.25) is 0 Å². The van der Waals surface area contributed by atoms with Gasteiger partial charge in [0.2, 0.25) is 0 Å². The van der Waals surface area contributed by atoms with E-state index in [9.17, 15) is 0 Å². The topological polar surface area (TPSA) is 9.86 Å². The van der Waals surface area contributed by atoms with Crippen molar-refractivity contribution in [1.29, 1.82) is 0 Å². The van der Waals surface area contributed by atoms with E-state index in [-0.39, 0.29) is 0 Å². The fourth-order valence-corrected chi connectivity index (χ4v) is 10.3. The molecule has 0 bridgehead atoms. The van der Waals surface area contributed by atoms with Crippen molar-refractivity contribution in [2.45, 2.75) is 0 Å². The summed E-state index contributed by atoms with van der Waals surface area (Å²) < 4.78 is 10.3. The first-order valence-corrected chi connectivity index (χ1v) is 17.2. The van der Waals surface area contributed by atoms with Crippen molar-refractivity contribution >= 4 is 107 Å². The van der Waals surface area contributed by atoms with E-state index in [1.54, 1.807) is 0 Å². The van der Waals surface area contributed by atoms with Gasteiger partial charge in [0.1, 0.15) is 0 Å². The quantitative estimate of drug-likeness (QED) is 0.182. The van der Waals surface area contributed by atoms with Crippen LogP contribution in [0.4, 0.5) is 0 Å². The summed E-state index contributed by atoms with van der Waals surface area (Å²) in [4.78, 5) is 0. The van der Waals surface area contributed by atoms with Crippen LogP contribution in [0.5, 0.6) is 0 Å². The van der Waals surface area contributed by atoms with Crippen molar-refractivity contribution in [3.8, 4) is 11.4 Å². The van der Waals surface area contributed by atoms with Crippen molar-refractivity contribution in [2.75, 3.05) is 0 Å². The highest BCUT2D eigenvalue weighted by atomic mass is 32.1. The Morgan fingerprint density at radius 2 is 0.696 bits per heavy atom. The summed E-state index contributed by atoms with van der Waals surface area (Å²) in [6, 6.07) is 53.7. The van der Waals surface area contributed by atoms with Gasteiger partial charge < -0.3 is 9.13 Å². The number of rotatable bonds is 2. The summed E-state index contributed by atoms with van der Waals surface area (Å²) in [6.45, 7) is 0. The lowest BCUT2D eigenvalue weighted by Crippen LogP contribution is -1.95. The standard InChI is InChI=1S/C42H24N2S2/c1-5-17-31-29(13-1)39-33(43(31)35-19-9-15-27-25-11-3-7-21-37(25)45-41(27)35)23-24-34-40(39)30-14-2-6-18-32(30)44(34)36-20-10-16-28-26-12-4-8-22-38(26)46-42(28)36/h1-24H. The third kappa shape index (κ3) is 3.15. The van der Waals surface area contributed by atoms with Crippen LogP contribution >= 0.6 is 22.7 Å². The molecule has 0 aliphatic heterocycles. The maximum atomic E-state index is 2.50. The molecule has 0 N–H and O–H groups in total. The predicted octanol–water partition coefficient (Wildman–Crippen LogP) is 12.6. The molecule has 0 saturated heterocycles. The zero-order valence-corrected chi connectivity index (χ0v) is 26.2. The predicted molar refractivity (Wildman–Crippen MR) is 201 cm³/mol. The first kappa shape index (κ1) is 24.8. The molecular weight excluding hydrogens is 597 g/mol. The lowest BCUT2D eigenvalue weighted by molar-refractivity contribution is 1.19. The summed E-state index contributed by atoms with van der Waals surface area (Å²) in [5.74, 6) is 0. The molecule has 0 amide bonds. The summed E-state index contributed by atoms with van der Waals surface area (Å²) in [7, 11) is 0. The van der Waals surface area contributed by atoms with Crippen molar-refractivity contribution in [2.24, 2.45) is 0 Å². The van der Waals surface area contributed by atoms with Crippen molar-refractivity contribution in [1.82, 2.24) is 9.13 Å². The Hall–Kier alpha value is -5.42. The van der Waals surface area contributed by atoms with Gasteiger partial charge in [-0.1, -0.05) is 97.1 Å². The largest absolute Gasteiger partial charge is 0.308 e. The second-order valence-electron chi connectivity index (χ2n) is 12.1. The van der Waals surface area contributed by atoms with Crippen LogP contribution in [-0.2, 0) is 0 Å². The van der Waals surface area contributed by atoms with E-state index >= 15 is 0 Å². The van der Waals surface area contributed by atoms with Crippen LogP contribution in [-0.4, -0.2) is 9.13 Å². The third-order valence-electron chi connectivity index (χ3n) is 9.72. The second-order valence-corrected chi connectivity index (χ2v) is 14.2. The zero-order chi connectivity index (χ0) is 29.9. The lowest BCUT2D eigenvalue weighted by Gasteiger charge is -2.11. The molecule has 11 rings (SSSR count). The van der Waals surface area contributed by atoms with Gasteiger partial charge in [0.25, 0.3) is 0 Å². The highest BCUT2D eigenvalue weighted by molar-refractivity contribution is 7.26.